The van der Waals surface area contributed by atoms with Crippen molar-refractivity contribution in [2.45, 2.75) is 6.54 Å². The van der Waals surface area contributed by atoms with E-state index in [0.29, 0.717) is 18.1 Å². The van der Waals surface area contributed by atoms with E-state index in [4.69, 9.17) is 11.6 Å². The number of carbonyl (C=O) groups excluding carboxylic acids is 1. The Balaban J connectivity index is 2.11. The standard InChI is InChI=1S/C17H13ClN2O/c18-16-15(12-21)20(11-13-7-3-1-4-8-13)17(19-16)14-9-5-2-6-10-14/h1-10,12H,11H2. The van der Waals surface area contributed by atoms with Gasteiger partial charge in [0.1, 0.15) is 11.5 Å². The zero-order valence-electron chi connectivity index (χ0n) is 11.2. The van der Waals surface area contributed by atoms with Gasteiger partial charge >= 0.3 is 0 Å². The zero-order valence-corrected chi connectivity index (χ0v) is 12.0. The second kappa shape index (κ2) is 5.94. The first-order chi connectivity index (χ1) is 10.3. The summed E-state index contributed by atoms with van der Waals surface area (Å²) in [5.74, 6) is 0.701. The molecule has 4 heteroatoms. The predicted molar refractivity (Wildman–Crippen MR) is 83.6 cm³/mol. The van der Waals surface area contributed by atoms with Crippen LogP contribution in [0, 0.1) is 0 Å². The molecule has 0 radical (unpaired) electrons. The number of nitrogens with zero attached hydrogens (tertiary/aromatic N) is 2. The highest BCUT2D eigenvalue weighted by molar-refractivity contribution is 6.31. The van der Waals surface area contributed by atoms with E-state index in [2.05, 4.69) is 4.98 Å². The minimum Gasteiger partial charge on any atom is -0.316 e. The van der Waals surface area contributed by atoms with E-state index in [1.807, 2.05) is 65.2 Å². The summed E-state index contributed by atoms with van der Waals surface area (Å²) in [5, 5.41) is 0.236. The molecule has 0 unspecified atom stereocenters. The third-order valence-electron chi connectivity index (χ3n) is 3.29. The molecule has 3 rings (SSSR count). The highest BCUT2D eigenvalue weighted by Crippen LogP contribution is 2.25. The Bertz CT molecular complexity index is 751. The Morgan fingerprint density at radius 3 is 2.24 bits per heavy atom. The molecule has 3 aromatic rings. The number of hydrogen-bond donors (Lipinski definition) is 0. The average molecular weight is 297 g/mol. The Hall–Kier alpha value is -2.39. The van der Waals surface area contributed by atoms with E-state index in [9.17, 15) is 4.79 Å². The molecule has 0 aliphatic carbocycles. The summed E-state index contributed by atoms with van der Waals surface area (Å²) in [6.07, 6.45) is 0.755. The molecule has 2 aromatic carbocycles. The highest BCUT2D eigenvalue weighted by atomic mass is 35.5. The number of imidazole rings is 1. The summed E-state index contributed by atoms with van der Waals surface area (Å²) in [4.78, 5) is 15.7. The minimum absolute atomic E-state index is 0.236. The molecular weight excluding hydrogens is 284 g/mol. The molecule has 0 atom stereocenters. The highest BCUT2D eigenvalue weighted by Gasteiger charge is 2.16. The molecule has 0 spiro atoms. The van der Waals surface area contributed by atoms with Gasteiger partial charge < -0.3 is 4.57 Å². The number of rotatable bonds is 4. The molecule has 0 aliphatic rings. The van der Waals surface area contributed by atoms with Gasteiger partial charge in [0.15, 0.2) is 11.4 Å². The van der Waals surface area contributed by atoms with Crippen molar-refractivity contribution in [2.75, 3.05) is 0 Å². The van der Waals surface area contributed by atoms with Crippen LogP contribution in [0.5, 0.6) is 0 Å². The fourth-order valence-corrected chi connectivity index (χ4v) is 2.51. The minimum atomic E-state index is 0.236. The van der Waals surface area contributed by atoms with Gasteiger partial charge in [-0.05, 0) is 5.56 Å². The Labute approximate surface area is 127 Å². The normalized spacial score (nSPS) is 10.5. The van der Waals surface area contributed by atoms with Crippen LogP contribution >= 0.6 is 11.6 Å². The van der Waals surface area contributed by atoms with E-state index >= 15 is 0 Å². The van der Waals surface area contributed by atoms with Crippen LogP contribution in [0.15, 0.2) is 60.7 Å². The lowest BCUT2D eigenvalue weighted by atomic mass is 10.2. The third-order valence-corrected chi connectivity index (χ3v) is 3.57. The molecule has 0 saturated carbocycles. The van der Waals surface area contributed by atoms with Gasteiger partial charge in [-0.15, -0.1) is 0 Å². The Morgan fingerprint density at radius 1 is 1.00 bits per heavy atom. The lowest BCUT2D eigenvalue weighted by Gasteiger charge is -2.09. The van der Waals surface area contributed by atoms with Gasteiger partial charge in [-0.1, -0.05) is 72.3 Å². The Morgan fingerprint density at radius 2 is 1.62 bits per heavy atom. The van der Waals surface area contributed by atoms with E-state index in [0.717, 1.165) is 17.4 Å². The molecule has 0 amide bonds. The smallest absolute Gasteiger partial charge is 0.169 e. The van der Waals surface area contributed by atoms with Crippen LogP contribution in [0.25, 0.3) is 11.4 Å². The van der Waals surface area contributed by atoms with Gasteiger partial charge in [0.25, 0.3) is 0 Å². The van der Waals surface area contributed by atoms with E-state index in [-0.39, 0.29) is 5.15 Å². The molecular formula is C17H13ClN2O. The number of aldehydes is 1. The second-order valence-electron chi connectivity index (χ2n) is 4.67. The maximum Gasteiger partial charge on any atom is 0.169 e. The van der Waals surface area contributed by atoms with Crippen LogP contribution in [0.1, 0.15) is 16.1 Å². The second-order valence-corrected chi connectivity index (χ2v) is 5.03. The van der Waals surface area contributed by atoms with Gasteiger partial charge in [0.2, 0.25) is 0 Å². The van der Waals surface area contributed by atoms with Crippen molar-refractivity contribution in [1.82, 2.24) is 9.55 Å². The fraction of sp³-hybridized carbons (Fsp3) is 0.0588. The van der Waals surface area contributed by atoms with Crippen LogP contribution in [0.2, 0.25) is 5.15 Å². The molecule has 0 bridgehead atoms. The largest absolute Gasteiger partial charge is 0.316 e. The lowest BCUT2D eigenvalue weighted by Crippen LogP contribution is -2.06. The number of halogens is 1. The average Bonchev–Trinajstić information content (AvgIpc) is 2.85. The summed E-state index contributed by atoms with van der Waals surface area (Å²) < 4.78 is 1.85. The van der Waals surface area contributed by atoms with Crippen LogP contribution in [-0.4, -0.2) is 15.8 Å². The number of hydrogen-bond acceptors (Lipinski definition) is 2. The maximum absolute atomic E-state index is 11.3. The molecule has 0 N–H and O–H groups in total. The molecule has 1 aromatic heterocycles. The van der Waals surface area contributed by atoms with Crippen molar-refractivity contribution in [1.29, 1.82) is 0 Å². The van der Waals surface area contributed by atoms with Crippen LogP contribution in [-0.2, 0) is 6.54 Å². The number of aromatic nitrogens is 2. The van der Waals surface area contributed by atoms with Crippen molar-refractivity contribution in [3.05, 3.63) is 77.1 Å². The first-order valence-corrected chi connectivity index (χ1v) is 6.98. The number of benzene rings is 2. The van der Waals surface area contributed by atoms with Gasteiger partial charge in [-0.25, -0.2) is 4.98 Å². The third kappa shape index (κ3) is 2.73. The predicted octanol–water partition coefficient (Wildman–Crippen LogP) is 4.06. The SMILES string of the molecule is O=Cc1c(Cl)nc(-c2ccccc2)n1Cc1ccccc1. The summed E-state index contributed by atoms with van der Waals surface area (Å²) in [6.45, 7) is 0.554. The van der Waals surface area contributed by atoms with E-state index in [1.54, 1.807) is 0 Å². The van der Waals surface area contributed by atoms with Crippen LogP contribution in [0.4, 0.5) is 0 Å². The van der Waals surface area contributed by atoms with E-state index < -0.39 is 0 Å². The first-order valence-electron chi connectivity index (χ1n) is 6.60. The van der Waals surface area contributed by atoms with Crippen molar-refractivity contribution in [3.63, 3.8) is 0 Å². The number of carbonyl (C=O) groups is 1. The summed E-state index contributed by atoms with van der Waals surface area (Å²) in [7, 11) is 0. The molecule has 104 valence electrons. The summed E-state index contributed by atoms with van der Waals surface area (Å²) in [5.41, 5.74) is 2.43. The maximum atomic E-state index is 11.3. The molecule has 0 aliphatic heterocycles. The first kappa shape index (κ1) is 13.6. The molecule has 0 fully saturated rings. The van der Waals surface area contributed by atoms with Gasteiger partial charge in [0, 0.05) is 12.1 Å². The van der Waals surface area contributed by atoms with Gasteiger partial charge in [-0.3, -0.25) is 4.79 Å². The van der Waals surface area contributed by atoms with Gasteiger partial charge in [0.05, 0.1) is 0 Å². The summed E-state index contributed by atoms with van der Waals surface area (Å²) >= 11 is 6.10. The van der Waals surface area contributed by atoms with Crippen molar-refractivity contribution in [3.8, 4) is 11.4 Å². The summed E-state index contributed by atoms with van der Waals surface area (Å²) in [6, 6.07) is 19.6. The quantitative estimate of drug-likeness (QED) is 0.680. The van der Waals surface area contributed by atoms with Crippen LogP contribution in [0.3, 0.4) is 0 Å². The zero-order chi connectivity index (χ0) is 14.7. The fourth-order valence-electron chi connectivity index (χ4n) is 2.28. The van der Waals surface area contributed by atoms with Crippen molar-refractivity contribution >= 4 is 17.9 Å². The molecule has 1 heterocycles. The van der Waals surface area contributed by atoms with Crippen LogP contribution < -0.4 is 0 Å². The topological polar surface area (TPSA) is 34.9 Å². The molecule has 3 nitrogen and oxygen atoms in total. The van der Waals surface area contributed by atoms with Gasteiger partial charge in [-0.2, -0.15) is 0 Å². The van der Waals surface area contributed by atoms with Crippen molar-refractivity contribution < 1.29 is 4.79 Å². The van der Waals surface area contributed by atoms with Crippen molar-refractivity contribution in [2.24, 2.45) is 0 Å². The lowest BCUT2D eigenvalue weighted by molar-refractivity contribution is 0.111. The Kier molecular flexibility index (Phi) is 3.84. The molecule has 0 saturated heterocycles. The monoisotopic (exact) mass is 296 g/mol. The van der Waals surface area contributed by atoms with E-state index in [1.165, 1.54) is 0 Å². The molecule has 21 heavy (non-hydrogen) atoms.